The lowest BCUT2D eigenvalue weighted by Crippen LogP contribution is -2.14. The van der Waals surface area contributed by atoms with Crippen molar-refractivity contribution >= 4 is 21.5 Å². The smallest absolute Gasteiger partial charge is 0.282 e. The topological polar surface area (TPSA) is 63.6 Å². The van der Waals surface area contributed by atoms with Gasteiger partial charge in [-0.1, -0.05) is 42.5 Å². The van der Waals surface area contributed by atoms with Crippen LogP contribution in [0.3, 0.4) is 0 Å². The first-order valence-electron chi connectivity index (χ1n) is 6.30. The van der Waals surface area contributed by atoms with Gasteiger partial charge in [0, 0.05) is 11.1 Å². The van der Waals surface area contributed by atoms with E-state index in [1.165, 1.54) is 24.3 Å². The van der Waals surface area contributed by atoms with Crippen LogP contribution >= 0.6 is 0 Å². The molecule has 4 nitrogen and oxygen atoms in total. The van der Waals surface area contributed by atoms with Crippen molar-refractivity contribution in [3.8, 4) is 0 Å². The standard InChI is InChI=1S/C16H11NO3S/c18-16-11-10-15(13-8-4-5-9-14(13)16)17-21(19,20)12-6-2-1-3-7-12/h1-11H. The van der Waals surface area contributed by atoms with Crippen LogP contribution in [0.2, 0.25) is 0 Å². The van der Waals surface area contributed by atoms with Gasteiger partial charge in [-0.15, -0.1) is 0 Å². The van der Waals surface area contributed by atoms with Gasteiger partial charge in [-0.25, -0.2) is 0 Å². The molecule has 0 aliphatic heterocycles. The maximum Gasteiger partial charge on any atom is 0.282 e. The molecule has 0 unspecified atom stereocenters. The lowest BCUT2D eigenvalue weighted by molar-refractivity contribution is 0.104. The van der Waals surface area contributed by atoms with Crippen LogP contribution in [-0.4, -0.2) is 19.9 Å². The fraction of sp³-hybridized carbons (Fsp3) is 0. The van der Waals surface area contributed by atoms with Gasteiger partial charge < -0.3 is 0 Å². The molecule has 0 N–H and O–H groups in total. The summed E-state index contributed by atoms with van der Waals surface area (Å²) in [5, 5.41) is 0. The highest BCUT2D eigenvalue weighted by atomic mass is 32.2. The SMILES string of the molecule is O=C1C=CC(=NS(=O)(=O)c2ccccc2)c2ccccc21. The van der Waals surface area contributed by atoms with E-state index in [0.29, 0.717) is 11.1 Å². The van der Waals surface area contributed by atoms with E-state index in [9.17, 15) is 13.2 Å². The minimum Gasteiger partial charge on any atom is -0.289 e. The molecule has 0 radical (unpaired) electrons. The number of ketones is 1. The lowest BCUT2D eigenvalue weighted by atomic mass is 9.95. The van der Waals surface area contributed by atoms with Crippen molar-refractivity contribution < 1.29 is 13.2 Å². The Morgan fingerprint density at radius 3 is 2.10 bits per heavy atom. The van der Waals surface area contributed by atoms with E-state index >= 15 is 0 Å². The molecule has 2 aromatic carbocycles. The Bertz CT molecular complexity index is 865. The van der Waals surface area contributed by atoms with Crippen molar-refractivity contribution in [3.05, 3.63) is 77.9 Å². The van der Waals surface area contributed by atoms with E-state index in [1.54, 1.807) is 42.5 Å². The Morgan fingerprint density at radius 1 is 0.762 bits per heavy atom. The molecular formula is C16H11NO3S. The van der Waals surface area contributed by atoms with Crippen molar-refractivity contribution in [2.75, 3.05) is 0 Å². The van der Waals surface area contributed by atoms with Crippen molar-refractivity contribution in [3.63, 3.8) is 0 Å². The van der Waals surface area contributed by atoms with Crippen LogP contribution in [0, 0.1) is 0 Å². The van der Waals surface area contributed by atoms with Crippen LogP contribution in [0.15, 0.2) is 76.0 Å². The molecule has 0 saturated heterocycles. The van der Waals surface area contributed by atoms with Crippen LogP contribution in [0.25, 0.3) is 0 Å². The second-order valence-corrected chi connectivity index (χ2v) is 6.11. The van der Waals surface area contributed by atoms with Gasteiger partial charge in [0.25, 0.3) is 10.0 Å². The first-order chi connectivity index (χ1) is 10.1. The fourth-order valence-corrected chi connectivity index (χ4v) is 3.13. The monoisotopic (exact) mass is 297 g/mol. The summed E-state index contributed by atoms with van der Waals surface area (Å²) < 4.78 is 28.4. The van der Waals surface area contributed by atoms with Gasteiger partial charge in [0.1, 0.15) is 0 Å². The van der Waals surface area contributed by atoms with Gasteiger partial charge in [0.2, 0.25) is 0 Å². The molecule has 0 aromatic heterocycles. The summed E-state index contributed by atoms with van der Waals surface area (Å²) in [7, 11) is -3.79. The third-order valence-corrected chi connectivity index (χ3v) is 4.43. The Balaban J connectivity index is 2.13. The molecule has 1 aliphatic carbocycles. The zero-order valence-electron chi connectivity index (χ0n) is 10.9. The molecule has 21 heavy (non-hydrogen) atoms. The molecule has 104 valence electrons. The van der Waals surface area contributed by atoms with Crippen LogP contribution in [0.4, 0.5) is 0 Å². The quantitative estimate of drug-likeness (QED) is 0.856. The van der Waals surface area contributed by atoms with Gasteiger partial charge in [0.05, 0.1) is 10.6 Å². The molecule has 0 saturated carbocycles. The van der Waals surface area contributed by atoms with E-state index < -0.39 is 10.0 Å². The predicted molar refractivity (Wildman–Crippen MR) is 80.1 cm³/mol. The number of rotatable bonds is 2. The molecule has 3 rings (SSSR count). The summed E-state index contributed by atoms with van der Waals surface area (Å²) in [4.78, 5) is 11.9. The zero-order chi connectivity index (χ0) is 14.9. The third kappa shape index (κ3) is 2.55. The van der Waals surface area contributed by atoms with Gasteiger partial charge >= 0.3 is 0 Å². The van der Waals surface area contributed by atoms with E-state index in [4.69, 9.17) is 0 Å². The second-order valence-electron chi connectivity index (χ2n) is 4.51. The molecule has 0 fully saturated rings. The number of benzene rings is 2. The third-order valence-electron chi connectivity index (χ3n) is 3.12. The summed E-state index contributed by atoms with van der Waals surface area (Å²) in [6.45, 7) is 0. The summed E-state index contributed by atoms with van der Waals surface area (Å²) in [6, 6.07) is 14.8. The molecule has 0 bridgehead atoms. The van der Waals surface area contributed by atoms with Crippen LogP contribution in [0.1, 0.15) is 15.9 Å². The lowest BCUT2D eigenvalue weighted by Gasteiger charge is -2.11. The summed E-state index contributed by atoms with van der Waals surface area (Å²) >= 11 is 0. The highest BCUT2D eigenvalue weighted by Crippen LogP contribution is 2.20. The molecule has 5 heteroatoms. The van der Waals surface area contributed by atoms with Crippen LogP contribution < -0.4 is 0 Å². The number of sulfonamides is 1. The minimum atomic E-state index is -3.79. The number of carbonyl (C=O) groups excluding carboxylic acids is 1. The number of hydrogen-bond acceptors (Lipinski definition) is 3. The molecule has 0 amide bonds. The highest BCUT2D eigenvalue weighted by Gasteiger charge is 2.20. The molecule has 0 atom stereocenters. The fourth-order valence-electron chi connectivity index (χ4n) is 2.11. The van der Waals surface area contributed by atoms with Crippen molar-refractivity contribution in [1.29, 1.82) is 0 Å². The van der Waals surface area contributed by atoms with E-state index in [-0.39, 0.29) is 16.4 Å². The molecule has 0 spiro atoms. The Morgan fingerprint density at radius 2 is 1.38 bits per heavy atom. The second kappa shape index (κ2) is 5.10. The highest BCUT2D eigenvalue weighted by molar-refractivity contribution is 7.90. The van der Waals surface area contributed by atoms with Gasteiger partial charge in [0.15, 0.2) is 5.78 Å². The number of hydrogen-bond donors (Lipinski definition) is 0. The number of nitrogens with zero attached hydrogens (tertiary/aromatic N) is 1. The van der Waals surface area contributed by atoms with Gasteiger partial charge in [-0.3, -0.25) is 4.79 Å². The van der Waals surface area contributed by atoms with Crippen LogP contribution in [0.5, 0.6) is 0 Å². The Hall–Kier alpha value is -2.53. The largest absolute Gasteiger partial charge is 0.289 e. The Kier molecular flexibility index (Phi) is 3.27. The predicted octanol–water partition coefficient (Wildman–Crippen LogP) is 2.62. The average Bonchev–Trinajstić information content (AvgIpc) is 2.51. The van der Waals surface area contributed by atoms with E-state index in [2.05, 4.69) is 4.40 Å². The molecule has 1 aliphatic rings. The Labute approximate surface area is 122 Å². The average molecular weight is 297 g/mol. The normalized spacial score (nSPS) is 16.0. The zero-order valence-corrected chi connectivity index (χ0v) is 11.7. The number of carbonyl (C=O) groups is 1. The van der Waals surface area contributed by atoms with Crippen LogP contribution in [-0.2, 0) is 10.0 Å². The first-order valence-corrected chi connectivity index (χ1v) is 7.74. The van der Waals surface area contributed by atoms with Crippen molar-refractivity contribution in [1.82, 2.24) is 0 Å². The van der Waals surface area contributed by atoms with Crippen molar-refractivity contribution in [2.24, 2.45) is 4.40 Å². The summed E-state index contributed by atoms with van der Waals surface area (Å²) in [6.07, 6.45) is 2.77. The molecule has 2 aromatic rings. The van der Waals surface area contributed by atoms with Gasteiger partial charge in [-0.05, 0) is 24.3 Å². The summed E-state index contributed by atoms with van der Waals surface area (Å²) in [5.74, 6) is -0.151. The maximum atomic E-state index is 12.3. The number of fused-ring (bicyclic) bond motifs is 1. The maximum absolute atomic E-state index is 12.3. The van der Waals surface area contributed by atoms with Gasteiger partial charge in [-0.2, -0.15) is 12.8 Å². The minimum absolute atomic E-state index is 0.125. The van der Waals surface area contributed by atoms with E-state index in [0.717, 1.165) is 0 Å². The number of allylic oxidation sites excluding steroid dienone is 2. The molecular weight excluding hydrogens is 286 g/mol. The first kappa shape index (κ1) is 13.5. The summed E-state index contributed by atoms with van der Waals surface area (Å²) in [5.41, 5.74) is 1.26. The molecule has 0 heterocycles. The van der Waals surface area contributed by atoms with E-state index in [1.807, 2.05) is 0 Å². The van der Waals surface area contributed by atoms with Crippen molar-refractivity contribution in [2.45, 2.75) is 4.90 Å².